The Morgan fingerprint density at radius 2 is 2.00 bits per heavy atom. The fourth-order valence-corrected chi connectivity index (χ4v) is 1.91. The number of aromatic nitrogens is 2. The first-order valence-corrected chi connectivity index (χ1v) is 6.82. The van der Waals surface area contributed by atoms with E-state index in [1.54, 1.807) is 0 Å². The monoisotopic (exact) mass is 255 g/mol. The van der Waals surface area contributed by atoms with E-state index >= 15 is 0 Å². The van der Waals surface area contributed by atoms with Gasteiger partial charge in [0.1, 0.15) is 11.6 Å². The first-order chi connectivity index (χ1) is 8.17. The molecule has 0 N–H and O–H groups in total. The summed E-state index contributed by atoms with van der Waals surface area (Å²) in [5.41, 5.74) is 1.11. The van der Waals surface area contributed by atoms with Crippen LogP contribution in [0.5, 0.6) is 0 Å². The summed E-state index contributed by atoms with van der Waals surface area (Å²) in [6.07, 6.45) is 4.39. The fraction of sp³-hybridized carbons (Fsp3) is 0.692. The molecule has 1 rings (SSSR count). The summed E-state index contributed by atoms with van der Waals surface area (Å²) in [6.45, 7) is 5.09. The van der Waals surface area contributed by atoms with Crippen molar-refractivity contribution in [1.29, 1.82) is 0 Å². The average Bonchev–Trinajstić information content (AvgIpc) is 2.33. The van der Waals surface area contributed by atoms with Gasteiger partial charge in [-0.05, 0) is 26.2 Å². The van der Waals surface area contributed by atoms with Gasteiger partial charge in [0.05, 0.1) is 0 Å². The van der Waals surface area contributed by atoms with Crippen molar-refractivity contribution in [2.24, 2.45) is 0 Å². The molecule has 1 aromatic rings. The second-order valence-corrected chi connectivity index (χ2v) is 4.67. The molecule has 3 nitrogen and oxygen atoms in total. The van der Waals surface area contributed by atoms with Crippen molar-refractivity contribution in [3.63, 3.8) is 0 Å². The Labute approximate surface area is 109 Å². The molecule has 4 heteroatoms. The summed E-state index contributed by atoms with van der Waals surface area (Å²) < 4.78 is 0. The van der Waals surface area contributed by atoms with Gasteiger partial charge in [0.15, 0.2) is 0 Å². The van der Waals surface area contributed by atoms with Crippen molar-refractivity contribution in [3.8, 4) is 0 Å². The van der Waals surface area contributed by atoms with E-state index in [0.717, 1.165) is 49.0 Å². The Kier molecular flexibility index (Phi) is 6.27. The Morgan fingerprint density at radius 1 is 1.24 bits per heavy atom. The molecule has 0 fully saturated rings. The molecule has 0 amide bonds. The molecule has 0 aromatic carbocycles. The lowest BCUT2D eigenvalue weighted by molar-refractivity contribution is 0.701. The second-order valence-electron chi connectivity index (χ2n) is 4.29. The highest BCUT2D eigenvalue weighted by atomic mass is 35.5. The van der Waals surface area contributed by atoms with Crippen LogP contribution in [0.4, 0.5) is 5.82 Å². The van der Waals surface area contributed by atoms with E-state index in [0.29, 0.717) is 0 Å². The van der Waals surface area contributed by atoms with Gasteiger partial charge in [0.25, 0.3) is 0 Å². The lowest BCUT2D eigenvalue weighted by atomic mass is 10.2. The van der Waals surface area contributed by atoms with E-state index in [1.807, 2.05) is 6.92 Å². The molecule has 0 unspecified atom stereocenters. The average molecular weight is 256 g/mol. The van der Waals surface area contributed by atoms with Gasteiger partial charge in [-0.15, -0.1) is 11.6 Å². The third-order valence-electron chi connectivity index (χ3n) is 2.76. The number of alkyl halides is 1. The van der Waals surface area contributed by atoms with Crippen LogP contribution in [0.15, 0.2) is 6.07 Å². The smallest absolute Gasteiger partial charge is 0.132 e. The van der Waals surface area contributed by atoms with Crippen LogP contribution < -0.4 is 4.90 Å². The zero-order valence-corrected chi connectivity index (χ0v) is 11.8. The Balaban J connectivity index is 2.55. The molecule has 0 saturated heterocycles. The predicted octanol–water partition coefficient (Wildman–Crippen LogP) is 3.19. The van der Waals surface area contributed by atoms with Gasteiger partial charge in [-0.25, -0.2) is 9.97 Å². The molecule has 96 valence electrons. The SMILES string of the molecule is CCc1cc(N(C)CCCCCCl)nc(C)n1. The normalized spacial score (nSPS) is 10.6. The van der Waals surface area contributed by atoms with Crippen molar-refractivity contribution >= 4 is 17.4 Å². The Morgan fingerprint density at radius 3 is 2.65 bits per heavy atom. The molecule has 17 heavy (non-hydrogen) atoms. The first-order valence-electron chi connectivity index (χ1n) is 6.29. The zero-order chi connectivity index (χ0) is 12.7. The van der Waals surface area contributed by atoms with E-state index in [1.165, 1.54) is 6.42 Å². The predicted molar refractivity (Wildman–Crippen MR) is 74.0 cm³/mol. The van der Waals surface area contributed by atoms with Crippen LogP contribution in [0.3, 0.4) is 0 Å². The van der Waals surface area contributed by atoms with Crippen LogP contribution >= 0.6 is 11.6 Å². The summed E-state index contributed by atoms with van der Waals surface area (Å²) in [5, 5.41) is 0. The molecule has 1 aromatic heterocycles. The number of anilines is 1. The van der Waals surface area contributed by atoms with E-state index in [9.17, 15) is 0 Å². The zero-order valence-electron chi connectivity index (χ0n) is 11.0. The van der Waals surface area contributed by atoms with Crippen LogP contribution in [-0.4, -0.2) is 29.4 Å². The van der Waals surface area contributed by atoms with E-state index in [4.69, 9.17) is 11.6 Å². The van der Waals surface area contributed by atoms with Crippen LogP contribution in [0, 0.1) is 6.92 Å². The highest BCUT2D eigenvalue weighted by Crippen LogP contribution is 2.12. The largest absolute Gasteiger partial charge is 0.360 e. The molecule has 0 saturated carbocycles. The number of hydrogen-bond acceptors (Lipinski definition) is 3. The molecular formula is C13H22ClN3. The molecule has 0 spiro atoms. The molecule has 0 aliphatic carbocycles. The van der Waals surface area contributed by atoms with Crippen molar-refractivity contribution in [2.45, 2.75) is 39.5 Å². The molecule has 0 bridgehead atoms. The van der Waals surface area contributed by atoms with Crippen molar-refractivity contribution < 1.29 is 0 Å². The van der Waals surface area contributed by atoms with Gasteiger partial charge in [0, 0.05) is 31.2 Å². The van der Waals surface area contributed by atoms with Crippen LogP contribution in [0.1, 0.15) is 37.7 Å². The minimum absolute atomic E-state index is 0.760. The third-order valence-corrected chi connectivity index (χ3v) is 3.03. The number of halogens is 1. The minimum Gasteiger partial charge on any atom is -0.360 e. The van der Waals surface area contributed by atoms with Crippen LogP contribution in [0.25, 0.3) is 0 Å². The van der Waals surface area contributed by atoms with Crippen LogP contribution in [0.2, 0.25) is 0 Å². The summed E-state index contributed by atoms with van der Waals surface area (Å²) in [5.74, 6) is 2.64. The summed E-state index contributed by atoms with van der Waals surface area (Å²) in [6, 6.07) is 2.08. The Bertz CT molecular complexity index is 341. The van der Waals surface area contributed by atoms with Gasteiger partial charge in [-0.3, -0.25) is 0 Å². The number of hydrogen-bond donors (Lipinski definition) is 0. The van der Waals surface area contributed by atoms with Crippen molar-refractivity contribution in [1.82, 2.24) is 9.97 Å². The van der Waals surface area contributed by atoms with E-state index < -0.39 is 0 Å². The molecule has 0 aliphatic rings. The maximum atomic E-state index is 5.66. The number of nitrogens with zero attached hydrogens (tertiary/aromatic N) is 3. The maximum absolute atomic E-state index is 5.66. The van der Waals surface area contributed by atoms with Crippen molar-refractivity contribution in [3.05, 3.63) is 17.6 Å². The fourth-order valence-electron chi connectivity index (χ4n) is 1.72. The van der Waals surface area contributed by atoms with E-state index in [2.05, 4.69) is 34.9 Å². The summed E-state index contributed by atoms with van der Waals surface area (Å²) in [7, 11) is 2.09. The highest BCUT2D eigenvalue weighted by molar-refractivity contribution is 6.17. The number of unbranched alkanes of at least 4 members (excludes halogenated alkanes) is 2. The lowest BCUT2D eigenvalue weighted by Gasteiger charge is -2.18. The maximum Gasteiger partial charge on any atom is 0.132 e. The van der Waals surface area contributed by atoms with Gasteiger partial charge in [-0.1, -0.05) is 13.3 Å². The highest BCUT2D eigenvalue weighted by Gasteiger charge is 2.05. The molecular weight excluding hydrogens is 234 g/mol. The molecule has 0 atom stereocenters. The van der Waals surface area contributed by atoms with Crippen molar-refractivity contribution in [2.75, 3.05) is 24.4 Å². The summed E-state index contributed by atoms with van der Waals surface area (Å²) >= 11 is 5.66. The van der Waals surface area contributed by atoms with Gasteiger partial charge < -0.3 is 4.90 Å². The minimum atomic E-state index is 0.760. The molecule has 0 aliphatic heterocycles. The van der Waals surface area contributed by atoms with Crippen LogP contribution in [-0.2, 0) is 6.42 Å². The first kappa shape index (κ1) is 14.2. The second kappa shape index (κ2) is 7.49. The van der Waals surface area contributed by atoms with E-state index in [-0.39, 0.29) is 0 Å². The topological polar surface area (TPSA) is 29.0 Å². The summed E-state index contributed by atoms with van der Waals surface area (Å²) in [4.78, 5) is 11.1. The standard InChI is InChI=1S/C13H22ClN3/c1-4-12-10-13(16-11(2)15-12)17(3)9-7-5-6-8-14/h10H,4-9H2,1-3H3. The quantitative estimate of drug-likeness (QED) is 0.554. The van der Waals surface area contributed by atoms with Gasteiger partial charge in [0.2, 0.25) is 0 Å². The van der Waals surface area contributed by atoms with Gasteiger partial charge in [-0.2, -0.15) is 0 Å². The Hall–Kier alpha value is -0.830. The molecule has 0 radical (unpaired) electrons. The van der Waals surface area contributed by atoms with Gasteiger partial charge >= 0.3 is 0 Å². The molecule has 1 heterocycles. The lowest BCUT2D eigenvalue weighted by Crippen LogP contribution is -2.20. The third kappa shape index (κ3) is 4.90. The number of aryl methyl sites for hydroxylation is 2. The number of rotatable bonds is 7.